The fourth-order valence-corrected chi connectivity index (χ4v) is 3.20. The summed E-state index contributed by atoms with van der Waals surface area (Å²) in [6, 6.07) is 3.43. The van der Waals surface area contributed by atoms with Crippen molar-refractivity contribution in [3.05, 3.63) is 38.4 Å². The molecule has 0 aliphatic heterocycles. The van der Waals surface area contributed by atoms with Gasteiger partial charge >= 0.3 is 0 Å². The second kappa shape index (κ2) is 29.1. The van der Waals surface area contributed by atoms with Gasteiger partial charge in [-0.3, -0.25) is 20.2 Å². The summed E-state index contributed by atoms with van der Waals surface area (Å²) in [7, 11) is 1.63. The molecule has 0 spiro atoms. The van der Waals surface area contributed by atoms with Gasteiger partial charge in [0, 0.05) is 19.7 Å². The fraction of sp³-hybridized carbons (Fsp3) is 0.778. The van der Waals surface area contributed by atoms with Crippen molar-refractivity contribution in [3.8, 4) is 0 Å². The molecule has 0 aliphatic rings. The van der Waals surface area contributed by atoms with Gasteiger partial charge in [-0.25, -0.2) is 0 Å². The summed E-state index contributed by atoms with van der Waals surface area (Å²) in [5.74, 6) is 0. The van der Waals surface area contributed by atoms with Crippen molar-refractivity contribution in [2.24, 2.45) is 0 Å². The maximum absolute atomic E-state index is 11.1. The maximum Gasteiger partial charge on any atom is 0.299 e. The molecule has 254 valence electrons. The number of hydrogen-bond donors (Lipinski definition) is 1. The first kappa shape index (κ1) is 39.4. The predicted octanol–water partition coefficient (Wildman–Crippen LogP) is 1.71. The monoisotopic (exact) mass is 637 g/mol. The summed E-state index contributed by atoms with van der Waals surface area (Å²) in [6.07, 6.45) is 0. The van der Waals surface area contributed by atoms with E-state index in [2.05, 4.69) is 5.32 Å². The van der Waals surface area contributed by atoms with E-state index in [1.165, 1.54) is 12.1 Å². The smallest absolute Gasteiger partial charge is 0.299 e. The summed E-state index contributed by atoms with van der Waals surface area (Å²) in [5.41, 5.74) is -0.522. The molecule has 0 bridgehead atoms. The molecule has 1 rings (SSSR count). The molecule has 0 amide bonds. The number of benzene rings is 1. The third kappa shape index (κ3) is 22.9. The summed E-state index contributed by atoms with van der Waals surface area (Å²) in [5, 5.41) is 24.8. The van der Waals surface area contributed by atoms with Crippen molar-refractivity contribution >= 4 is 17.1 Å². The van der Waals surface area contributed by atoms with E-state index in [0.717, 1.165) is 6.07 Å². The zero-order valence-electron chi connectivity index (χ0n) is 25.5. The highest BCUT2D eigenvalue weighted by molar-refractivity contribution is 5.65. The van der Waals surface area contributed by atoms with Gasteiger partial charge in [0.2, 0.25) is 0 Å². The first-order valence-electron chi connectivity index (χ1n) is 14.4. The highest BCUT2D eigenvalue weighted by Gasteiger charge is 2.19. The fourth-order valence-electron chi connectivity index (χ4n) is 3.20. The molecule has 0 saturated heterocycles. The second-order valence-electron chi connectivity index (χ2n) is 8.65. The normalized spacial score (nSPS) is 11.2. The Morgan fingerprint density at radius 1 is 0.523 bits per heavy atom. The van der Waals surface area contributed by atoms with Gasteiger partial charge in [-0.15, -0.1) is 0 Å². The number of ether oxygens (including phenoxy) is 10. The molecule has 44 heavy (non-hydrogen) atoms. The lowest BCUT2D eigenvalue weighted by Crippen LogP contribution is -2.16. The molecule has 1 aromatic rings. The number of nitrogens with one attached hydrogen (secondary N) is 1. The minimum atomic E-state index is -0.681. The summed E-state index contributed by atoms with van der Waals surface area (Å²) >= 11 is 0. The number of nitrogens with zero attached hydrogens (tertiary/aromatic N) is 2. The Labute approximate surface area is 257 Å². The van der Waals surface area contributed by atoms with Crippen LogP contribution in [0.3, 0.4) is 0 Å². The Morgan fingerprint density at radius 3 is 1.18 bits per heavy atom. The molecule has 17 heteroatoms. The van der Waals surface area contributed by atoms with E-state index in [4.69, 9.17) is 47.4 Å². The third-order valence-corrected chi connectivity index (χ3v) is 5.36. The number of nitro groups is 2. The van der Waals surface area contributed by atoms with Gasteiger partial charge in [0.15, 0.2) is 0 Å². The Hall–Kier alpha value is -2.58. The summed E-state index contributed by atoms with van der Waals surface area (Å²) in [4.78, 5) is 20.6. The van der Waals surface area contributed by atoms with Crippen molar-refractivity contribution < 1.29 is 57.2 Å². The lowest BCUT2D eigenvalue weighted by molar-refractivity contribution is -0.393. The van der Waals surface area contributed by atoms with E-state index in [-0.39, 0.29) is 23.7 Å². The zero-order valence-corrected chi connectivity index (χ0v) is 25.5. The van der Waals surface area contributed by atoms with E-state index in [9.17, 15) is 20.2 Å². The van der Waals surface area contributed by atoms with Gasteiger partial charge in [0.25, 0.3) is 11.4 Å². The highest BCUT2D eigenvalue weighted by atomic mass is 16.6. The van der Waals surface area contributed by atoms with Crippen LogP contribution in [-0.4, -0.2) is 149 Å². The Kier molecular flexibility index (Phi) is 26.1. The van der Waals surface area contributed by atoms with Crippen LogP contribution in [0.25, 0.3) is 0 Å². The number of rotatable bonds is 33. The molecule has 1 N–H and O–H groups in total. The minimum Gasteiger partial charge on any atom is -0.382 e. The maximum atomic E-state index is 11.1. The molecule has 0 aliphatic carbocycles. The predicted molar refractivity (Wildman–Crippen MR) is 157 cm³/mol. The van der Waals surface area contributed by atoms with Gasteiger partial charge in [0.1, 0.15) is 5.69 Å². The minimum absolute atomic E-state index is 0.187. The molecule has 0 atom stereocenters. The molecule has 1 aromatic carbocycles. The summed E-state index contributed by atoms with van der Waals surface area (Å²) < 4.78 is 53.5. The van der Waals surface area contributed by atoms with Gasteiger partial charge in [-0.05, 0) is 6.07 Å². The van der Waals surface area contributed by atoms with Crippen molar-refractivity contribution in [3.63, 3.8) is 0 Å². The number of anilines is 1. The quantitative estimate of drug-likeness (QED) is 0.0665. The van der Waals surface area contributed by atoms with E-state index < -0.39 is 9.85 Å². The van der Waals surface area contributed by atoms with Crippen LogP contribution >= 0.6 is 0 Å². The van der Waals surface area contributed by atoms with Crippen LogP contribution in [-0.2, 0) is 47.4 Å². The van der Waals surface area contributed by atoms with Crippen LogP contribution < -0.4 is 5.32 Å². The largest absolute Gasteiger partial charge is 0.382 e. The van der Waals surface area contributed by atoms with Gasteiger partial charge < -0.3 is 52.7 Å². The Bertz CT molecular complexity index is 852. The van der Waals surface area contributed by atoms with E-state index in [0.29, 0.717) is 125 Å². The molecule has 0 heterocycles. The van der Waals surface area contributed by atoms with Crippen LogP contribution in [0, 0.1) is 20.2 Å². The summed E-state index contributed by atoms with van der Waals surface area (Å²) in [6.45, 7) is 9.12. The Balaban J connectivity index is 1.76. The molecule has 0 radical (unpaired) electrons. The van der Waals surface area contributed by atoms with Crippen molar-refractivity contribution in [2.45, 2.75) is 0 Å². The first-order valence-corrected chi connectivity index (χ1v) is 14.4. The average Bonchev–Trinajstić information content (AvgIpc) is 3.01. The molecule has 0 fully saturated rings. The molecule has 0 aromatic heterocycles. The van der Waals surface area contributed by atoms with Crippen LogP contribution in [0.5, 0.6) is 0 Å². The number of hydrogen-bond acceptors (Lipinski definition) is 15. The Morgan fingerprint density at radius 2 is 0.864 bits per heavy atom. The average molecular weight is 638 g/mol. The lowest BCUT2D eigenvalue weighted by atomic mass is 10.2. The molecular weight excluding hydrogens is 590 g/mol. The van der Waals surface area contributed by atoms with Crippen LogP contribution in [0.15, 0.2) is 18.2 Å². The van der Waals surface area contributed by atoms with Crippen molar-refractivity contribution in [2.75, 3.05) is 145 Å². The van der Waals surface area contributed by atoms with Crippen LogP contribution in [0.2, 0.25) is 0 Å². The van der Waals surface area contributed by atoms with Crippen molar-refractivity contribution in [1.82, 2.24) is 0 Å². The van der Waals surface area contributed by atoms with Crippen LogP contribution in [0.1, 0.15) is 0 Å². The van der Waals surface area contributed by atoms with Crippen LogP contribution in [0.4, 0.5) is 17.1 Å². The standard InChI is InChI=1S/C27H47N3O14/c1-35-6-7-37-10-11-39-14-15-41-18-19-43-22-23-44-21-20-42-17-16-40-13-12-38-9-8-36-5-4-28-26-3-2-25(29(31)32)24-27(26)30(33)34/h2-3,24,28H,4-23H2,1H3. The molecule has 0 unspecified atom stereocenters. The molecule has 17 nitrogen and oxygen atoms in total. The number of non-ortho nitro benzene ring substituents is 1. The second-order valence-corrected chi connectivity index (χ2v) is 8.65. The van der Waals surface area contributed by atoms with Crippen molar-refractivity contribution in [1.29, 1.82) is 0 Å². The van der Waals surface area contributed by atoms with E-state index in [1.54, 1.807) is 7.11 Å². The lowest BCUT2D eigenvalue weighted by Gasteiger charge is -2.09. The first-order chi connectivity index (χ1) is 21.6. The highest BCUT2D eigenvalue weighted by Crippen LogP contribution is 2.28. The van der Waals surface area contributed by atoms with Gasteiger partial charge in [-0.2, -0.15) is 0 Å². The SMILES string of the molecule is COCCOCCOCCOCCOCCOCCOCCOCCOCCOCCNc1ccc([N+](=O)[O-])cc1[N+](=O)[O-]. The van der Waals surface area contributed by atoms with Gasteiger partial charge in [0.05, 0.1) is 141 Å². The molecule has 0 saturated carbocycles. The van der Waals surface area contributed by atoms with E-state index in [1.807, 2.05) is 0 Å². The zero-order chi connectivity index (χ0) is 31.9. The third-order valence-electron chi connectivity index (χ3n) is 5.36. The van der Waals surface area contributed by atoms with E-state index >= 15 is 0 Å². The molecular formula is C27H47N3O14. The number of nitro benzene ring substituents is 2. The van der Waals surface area contributed by atoms with Gasteiger partial charge in [-0.1, -0.05) is 0 Å². The number of methoxy groups -OCH3 is 1. The topological polar surface area (TPSA) is 191 Å².